The Morgan fingerprint density at radius 3 is 2.52 bits per heavy atom. The lowest BCUT2D eigenvalue weighted by molar-refractivity contribution is 0.0679. The molecule has 1 saturated heterocycles. The van der Waals surface area contributed by atoms with Crippen molar-refractivity contribution in [2.24, 2.45) is 0 Å². The Balaban J connectivity index is 1.94. The summed E-state index contributed by atoms with van der Waals surface area (Å²) in [5.41, 5.74) is 2.70. The van der Waals surface area contributed by atoms with Crippen LogP contribution in [0, 0.1) is 6.92 Å². The maximum atomic E-state index is 13.4. The highest BCUT2D eigenvalue weighted by atomic mass is 16.2. The van der Waals surface area contributed by atoms with E-state index in [0.29, 0.717) is 0 Å². The van der Waals surface area contributed by atoms with Gasteiger partial charge in [0.25, 0.3) is 5.91 Å². The van der Waals surface area contributed by atoms with Crippen LogP contribution >= 0.6 is 0 Å². The Morgan fingerprint density at radius 1 is 1.16 bits per heavy atom. The van der Waals surface area contributed by atoms with Gasteiger partial charge in [-0.2, -0.15) is 5.10 Å². The average Bonchev–Trinajstić information content (AvgIpc) is 2.82. The third-order valence-electron chi connectivity index (χ3n) is 4.98. The van der Waals surface area contributed by atoms with Crippen molar-refractivity contribution < 1.29 is 4.79 Å². The molecule has 0 aromatic carbocycles. The Morgan fingerprint density at radius 2 is 1.88 bits per heavy atom. The molecular weight excluding hydrogens is 312 g/mol. The molecule has 0 bridgehead atoms. The van der Waals surface area contributed by atoms with E-state index in [0.717, 1.165) is 37.1 Å². The van der Waals surface area contributed by atoms with Crippen molar-refractivity contribution in [2.45, 2.75) is 65.0 Å². The molecule has 2 aromatic rings. The van der Waals surface area contributed by atoms with Crippen LogP contribution in [0.15, 0.2) is 30.7 Å². The van der Waals surface area contributed by atoms with Crippen molar-refractivity contribution in [1.29, 1.82) is 0 Å². The van der Waals surface area contributed by atoms with Crippen LogP contribution in [0.2, 0.25) is 0 Å². The van der Waals surface area contributed by atoms with Crippen molar-refractivity contribution in [3.05, 3.63) is 47.5 Å². The molecule has 1 aliphatic heterocycles. The summed E-state index contributed by atoms with van der Waals surface area (Å²) in [4.78, 5) is 19.5. The van der Waals surface area contributed by atoms with Gasteiger partial charge >= 0.3 is 0 Å². The second kappa shape index (κ2) is 6.98. The van der Waals surface area contributed by atoms with Gasteiger partial charge in [-0.15, -0.1) is 0 Å². The van der Waals surface area contributed by atoms with Crippen LogP contribution < -0.4 is 0 Å². The Labute approximate surface area is 150 Å². The quantitative estimate of drug-likeness (QED) is 0.827. The van der Waals surface area contributed by atoms with Crippen LogP contribution in [0.1, 0.15) is 74.1 Å². The second-order valence-electron chi connectivity index (χ2n) is 7.87. The van der Waals surface area contributed by atoms with Crippen molar-refractivity contribution >= 4 is 5.91 Å². The number of hydrogen-bond donors (Lipinski definition) is 0. The lowest BCUT2D eigenvalue weighted by Crippen LogP contribution is -2.35. The summed E-state index contributed by atoms with van der Waals surface area (Å²) in [5, 5.41) is 4.48. The first-order valence-corrected chi connectivity index (χ1v) is 9.15. The molecule has 0 N–H and O–H groups in total. The maximum absolute atomic E-state index is 13.4. The number of rotatable bonds is 2. The fourth-order valence-electron chi connectivity index (χ4n) is 3.73. The van der Waals surface area contributed by atoms with Gasteiger partial charge in [-0.05, 0) is 58.2 Å². The van der Waals surface area contributed by atoms with Gasteiger partial charge in [0.05, 0.1) is 23.3 Å². The number of amides is 1. The molecule has 1 unspecified atom stereocenters. The number of carbonyl (C=O) groups excluding carboxylic acids is 1. The molecule has 0 spiro atoms. The molecule has 1 fully saturated rings. The highest BCUT2D eigenvalue weighted by Gasteiger charge is 2.30. The minimum atomic E-state index is -0.133. The Kier molecular flexibility index (Phi) is 4.93. The molecule has 134 valence electrons. The normalized spacial score (nSPS) is 18.9. The first kappa shape index (κ1) is 17.6. The molecule has 3 rings (SSSR count). The second-order valence-corrected chi connectivity index (χ2v) is 7.87. The first-order valence-electron chi connectivity index (χ1n) is 9.15. The first-order chi connectivity index (χ1) is 11.9. The van der Waals surface area contributed by atoms with E-state index in [9.17, 15) is 4.79 Å². The molecule has 0 radical (unpaired) electrons. The van der Waals surface area contributed by atoms with Crippen LogP contribution in [0.3, 0.4) is 0 Å². The molecule has 2 aromatic heterocycles. The van der Waals surface area contributed by atoms with E-state index >= 15 is 0 Å². The molecule has 0 saturated carbocycles. The Hall–Kier alpha value is -2.17. The van der Waals surface area contributed by atoms with Gasteiger partial charge in [0.1, 0.15) is 0 Å². The van der Waals surface area contributed by atoms with Gasteiger partial charge in [0, 0.05) is 24.6 Å². The minimum absolute atomic E-state index is 0.0942. The third-order valence-corrected chi connectivity index (χ3v) is 4.98. The number of likely N-dealkylation sites (tertiary alicyclic amines) is 1. The SMILES string of the molecule is Cc1c(C(=O)N2CCCCCC2c2ccncc2)cnn1C(C)(C)C. The third kappa shape index (κ3) is 3.60. The minimum Gasteiger partial charge on any atom is -0.332 e. The fraction of sp³-hybridized carbons (Fsp3) is 0.550. The fourth-order valence-corrected chi connectivity index (χ4v) is 3.73. The van der Waals surface area contributed by atoms with Gasteiger partial charge in [0.15, 0.2) is 0 Å². The molecule has 1 atom stereocenters. The lowest BCUT2D eigenvalue weighted by atomic mass is 10.0. The molecular formula is C20H28N4O. The number of hydrogen-bond acceptors (Lipinski definition) is 3. The lowest BCUT2D eigenvalue weighted by Gasteiger charge is -2.30. The van der Waals surface area contributed by atoms with Gasteiger partial charge in [-0.25, -0.2) is 0 Å². The summed E-state index contributed by atoms with van der Waals surface area (Å²) in [6.45, 7) is 9.10. The number of carbonyl (C=O) groups is 1. The van der Waals surface area contributed by atoms with E-state index in [1.807, 2.05) is 41.0 Å². The summed E-state index contributed by atoms with van der Waals surface area (Å²) in [5.74, 6) is 0.0942. The van der Waals surface area contributed by atoms with Crippen LogP contribution in [-0.2, 0) is 5.54 Å². The zero-order chi connectivity index (χ0) is 18.0. The van der Waals surface area contributed by atoms with Crippen molar-refractivity contribution in [3.63, 3.8) is 0 Å². The summed E-state index contributed by atoms with van der Waals surface area (Å²) in [6, 6.07) is 4.18. The van der Waals surface area contributed by atoms with Crippen LogP contribution in [0.5, 0.6) is 0 Å². The molecule has 3 heterocycles. The highest BCUT2D eigenvalue weighted by molar-refractivity contribution is 5.95. The van der Waals surface area contributed by atoms with Crippen LogP contribution in [0.4, 0.5) is 0 Å². The van der Waals surface area contributed by atoms with Gasteiger partial charge < -0.3 is 4.90 Å². The van der Waals surface area contributed by atoms with E-state index in [2.05, 4.69) is 30.9 Å². The van der Waals surface area contributed by atoms with E-state index in [1.165, 1.54) is 12.0 Å². The predicted octanol–water partition coefficient (Wildman–Crippen LogP) is 4.10. The molecule has 1 aliphatic rings. The molecule has 5 nitrogen and oxygen atoms in total. The Bertz CT molecular complexity index is 730. The van der Waals surface area contributed by atoms with E-state index in [-0.39, 0.29) is 17.5 Å². The summed E-state index contributed by atoms with van der Waals surface area (Å²) >= 11 is 0. The zero-order valence-electron chi connectivity index (χ0n) is 15.7. The smallest absolute Gasteiger partial charge is 0.257 e. The van der Waals surface area contributed by atoms with Crippen molar-refractivity contribution in [3.8, 4) is 0 Å². The monoisotopic (exact) mass is 340 g/mol. The van der Waals surface area contributed by atoms with Crippen LogP contribution in [0.25, 0.3) is 0 Å². The van der Waals surface area contributed by atoms with E-state index in [4.69, 9.17) is 0 Å². The van der Waals surface area contributed by atoms with E-state index in [1.54, 1.807) is 6.20 Å². The molecule has 5 heteroatoms. The molecule has 1 amide bonds. The largest absolute Gasteiger partial charge is 0.332 e. The van der Waals surface area contributed by atoms with Crippen molar-refractivity contribution in [1.82, 2.24) is 19.7 Å². The maximum Gasteiger partial charge on any atom is 0.257 e. The summed E-state index contributed by atoms with van der Waals surface area (Å²) in [7, 11) is 0. The zero-order valence-corrected chi connectivity index (χ0v) is 15.7. The number of nitrogens with zero attached hydrogens (tertiary/aromatic N) is 4. The number of aromatic nitrogens is 3. The average molecular weight is 340 g/mol. The van der Waals surface area contributed by atoms with E-state index < -0.39 is 0 Å². The molecule has 25 heavy (non-hydrogen) atoms. The van der Waals surface area contributed by atoms with Gasteiger partial charge in [-0.3, -0.25) is 14.5 Å². The molecule has 0 aliphatic carbocycles. The summed E-state index contributed by atoms with van der Waals surface area (Å²) < 4.78 is 1.94. The van der Waals surface area contributed by atoms with Crippen molar-refractivity contribution in [2.75, 3.05) is 6.54 Å². The predicted molar refractivity (Wildman–Crippen MR) is 98.4 cm³/mol. The van der Waals surface area contributed by atoms with Gasteiger partial charge in [0.2, 0.25) is 0 Å². The summed E-state index contributed by atoms with van der Waals surface area (Å²) in [6.07, 6.45) is 9.74. The number of pyridine rings is 1. The highest BCUT2D eigenvalue weighted by Crippen LogP contribution is 2.32. The van der Waals surface area contributed by atoms with Gasteiger partial charge in [-0.1, -0.05) is 12.8 Å². The van der Waals surface area contributed by atoms with Crippen LogP contribution in [-0.4, -0.2) is 32.1 Å². The standard InChI is InChI=1S/C20H28N4O/c1-15-17(14-22-24(15)20(2,3)4)19(25)23-13-7-5-6-8-18(23)16-9-11-21-12-10-16/h9-12,14,18H,5-8,13H2,1-4H3. The topological polar surface area (TPSA) is 51.0 Å².